The van der Waals surface area contributed by atoms with E-state index in [1.54, 1.807) is 7.11 Å². The Morgan fingerprint density at radius 3 is 2.71 bits per heavy atom. The Labute approximate surface area is 167 Å². The SMILES string of the molecule is COc1cccc(OCCNC(=O)c2ccc(CN3CCC[C@@H](C)C3)cc2)c1. The number of methoxy groups -OCH3 is 1. The number of likely N-dealkylation sites (tertiary alicyclic amines) is 1. The fourth-order valence-electron chi connectivity index (χ4n) is 3.58. The van der Waals surface area contributed by atoms with Crippen molar-refractivity contribution in [3.8, 4) is 11.5 Å². The summed E-state index contributed by atoms with van der Waals surface area (Å²) in [7, 11) is 1.62. The maximum Gasteiger partial charge on any atom is 0.251 e. The lowest BCUT2D eigenvalue weighted by Crippen LogP contribution is -2.33. The van der Waals surface area contributed by atoms with Crippen molar-refractivity contribution in [1.29, 1.82) is 0 Å². The van der Waals surface area contributed by atoms with Crippen LogP contribution in [0.25, 0.3) is 0 Å². The number of amides is 1. The first-order valence-corrected chi connectivity index (χ1v) is 10.0. The van der Waals surface area contributed by atoms with Gasteiger partial charge in [-0.25, -0.2) is 0 Å². The van der Waals surface area contributed by atoms with Gasteiger partial charge in [0.15, 0.2) is 0 Å². The van der Waals surface area contributed by atoms with E-state index in [4.69, 9.17) is 9.47 Å². The summed E-state index contributed by atoms with van der Waals surface area (Å²) in [6.07, 6.45) is 2.61. The second kappa shape index (κ2) is 10.1. The predicted molar refractivity (Wildman–Crippen MR) is 111 cm³/mol. The molecule has 1 atom stereocenters. The molecule has 2 aromatic carbocycles. The van der Waals surface area contributed by atoms with Gasteiger partial charge in [0.25, 0.3) is 5.91 Å². The molecule has 0 unspecified atom stereocenters. The fourth-order valence-corrected chi connectivity index (χ4v) is 3.58. The van der Waals surface area contributed by atoms with Crippen molar-refractivity contribution in [3.63, 3.8) is 0 Å². The van der Waals surface area contributed by atoms with E-state index in [0.29, 0.717) is 18.7 Å². The van der Waals surface area contributed by atoms with Crippen LogP contribution in [-0.2, 0) is 6.54 Å². The minimum Gasteiger partial charge on any atom is -0.497 e. The average Bonchev–Trinajstić information content (AvgIpc) is 2.72. The normalized spacial score (nSPS) is 17.1. The number of nitrogens with zero attached hydrogens (tertiary/aromatic N) is 1. The highest BCUT2D eigenvalue weighted by atomic mass is 16.5. The third-order valence-corrected chi connectivity index (χ3v) is 5.06. The van der Waals surface area contributed by atoms with Crippen LogP contribution in [0.3, 0.4) is 0 Å². The minimum absolute atomic E-state index is 0.0765. The molecule has 1 aliphatic heterocycles. The highest BCUT2D eigenvalue weighted by molar-refractivity contribution is 5.94. The van der Waals surface area contributed by atoms with Crippen LogP contribution < -0.4 is 14.8 Å². The number of hydrogen-bond donors (Lipinski definition) is 1. The molecule has 1 saturated heterocycles. The Morgan fingerprint density at radius 2 is 1.96 bits per heavy atom. The number of nitrogens with one attached hydrogen (secondary N) is 1. The monoisotopic (exact) mass is 382 g/mol. The molecule has 0 bridgehead atoms. The van der Waals surface area contributed by atoms with Crippen molar-refractivity contribution in [1.82, 2.24) is 10.2 Å². The van der Waals surface area contributed by atoms with E-state index in [-0.39, 0.29) is 5.91 Å². The fraction of sp³-hybridized carbons (Fsp3) is 0.435. The first-order valence-electron chi connectivity index (χ1n) is 10.0. The topological polar surface area (TPSA) is 50.8 Å². The van der Waals surface area contributed by atoms with E-state index in [2.05, 4.69) is 29.3 Å². The molecule has 0 saturated carbocycles. The summed E-state index contributed by atoms with van der Waals surface area (Å²) in [5.41, 5.74) is 1.93. The van der Waals surface area contributed by atoms with Gasteiger partial charge in [0.05, 0.1) is 13.7 Å². The van der Waals surface area contributed by atoms with Crippen LogP contribution in [0.4, 0.5) is 0 Å². The Bertz CT molecular complexity index is 761. The van der Waals surface area contributed by atoms with Crippen molar-refractivity contribution >= 4 is 5.91 Å². The van der Waals surface area contributed by atoms with E-state index in [1.165, 1.54) is 24.9 Å². The van der Waals surface area contributed by atoms with Gasteiger partial charge in [-0.3, -0.25) is 9.69 Å². The molecule has 5 heteroatoms. The summed E-state index contributed by atoms with van der Waals surface area (Å²) in [5, 5.41) is 2.90. The number of hydrogen-bond acceptors (Lipinski definition) is 4. The number of rotatable bonds is 8. The predicted octanol–water partition coefficient (Wildman–Crippen LogP) is 3.74. The second-order valence-corrected chi connectivity index (χ2v) is 7.46. The summed E-state index contributed by atoms with van der Waals surface area (Å²) in [5.74, 6) is 2.18. The minimum atomic E-state index is -0.0765. The van der Waals surface area contributed by atoms with E-state index < -0.39 is 0 Å². The standard InChI is InChI=1S/C23H30N2O3/c1-18-5-4-13-25(16-18)17-19-8-10-20(11-9-19)23(26)24-12-14-28-22-7-3-6-21(15-22)27-2/h3,6-11,15,18H,4-5,12-14,16-17H2,1-2H3,(H,24,26)/t18-/m1/s1. The van der Waals surface area contributed by atoms with Crippen molar-refractivity contribution in [2.24, 2.45) is 5.92 Å². The zero-order chi connectivity index (χ0) is 19.8. The van der Waals surface area contributed by atoms with Gasteiger partial charge >= 0.3 is 0 Å². The molecule has 0 spiro atoms. The molecule has 5 nitrogen and oxygen atoms in total. The first-order chi connectivity index (χ1) is 13.6. The van der Waals surface area contributed by atoms with Gasteiger partial charge < -0.3 is 14.8 Å². The largest absolute Gasteiger partial charge is 0.497 e. The molecular weight excluding hydrogens is 352 g/mol. The molecule has 0 aliphatic carbocycles. The molecule has 1 N–H and O–H groups in total. The van der Waals surface area contributed by atoms with Crippen LogP contribution >= 0.6 is 0 Å². The zero-order valence-electron chi connectivity index (χ0n) is 16.8. The van der Waals surface area contributed by atoms with Crippen LogP contribution in [0.5, 0.6) is 11.5 Å². The molecule has 28 heavy (non-hydrogen) atoms. The maximum atomic E-state index is 12.3. The molecule has 1 amide bonds. The van der Waals surface area contributed by atoms with Gasteiger partial charge in [-0.05, 0) is 55.1 Å². The number of carbonyl (C=O) groups is 1. The molecule has 150 valence electrons. The van der Waals surface area contributed by atoms with Crippen molar-refractivity contribution in [2.45, 2.75) is 26.3 Å². The van der Waals surface area contributed by atoms with Crippen molar-refractivity contribution in [2.75, 3.05) is 33.4 Å². The molecule has 1 fully saturated rings. The van der Waals surface area contributed by atoms with Gasteiger partial charge in [-0.15, -0.1) is 0 Å². The number of benzene rings is 2. The molecular formula is C23H30N2O3. The average molecular weight is 383 g/mol. The van der Waals surface area contributed by atoms with Gasteiger partial charge in [0, 0.05) is 24.7 Å². The zero-order valence-corrected chi connectivity index (χ0v) is 16.8. The molecule has 3 rings (SSSR count). The second-order valence-electron chi connectivity index (χ2n) is 7.46. The van der Waals surface area contributed by atoms with E-state index >= 15 is 0 Å². The van der Waals surface area contributed by atoms with Crippen LogP contribution in [0.2, 0.25) is 0 Å². The molecule has 1 heterocycles. The summed E-state index contributed by atoms with van der Waals surface area (Å²) >= 11 is 0. The van der Waals surface area contributed by atoms with Crippen LogP contribution in [0.1, 0.15) is 35.7 Å². The number of piperidine rings is 1. The Balaban J connectivity index is 1.41. The Kier molecular flexibility index (Phi) is 7.31. The van der Waals surface area contributed by atoms with Gasteiger partial charge in [0.1, 0.15) is 18.1 Å². The lowest BCUT2D eigenvalue weighted by molar-refractivity contribution is 0.0947. The number of carbonyl (C=O) groups excluding carboxylic acids is 1. The molecule has 0 radical (unpaired) electrons. The van der Waals surface area contributed by atoms with E-state index in [1.807, 2.05) is 36.4 Å². The summed E-state index contributed by atoms with van der Waals surface area (Å²) in [4.78, 5) is 14.8. The molecule has 1 aliphatic rings. The summed E-state index contributed by atoms with van der Waals surface area (Å²) < 4.78 is 10.8. The summed E-state index contributed by atoms with van der Waals surface area (Å²) in [6.45, 7) is 6.46. The van der Waals surface area contributed by atoms with Crippen LogP contribution in [0, 0.1) is 5.92 Å². The Morgan fingerprint density at radius 1 is 1.18 bits per heavy atom. The highest BCUT2D eigenvalue weighted by Crippen LogP contribution is 2.19. The maximum absolute atomic E-state index is 12.3. The van der Waals surface area contributed by atoms with Gasteiger partial charge in [-0.2, -0.15) is 0 Å². The smallest absolute Gasteiger partial charge is 0.251 e. The van der Waals surface area contributed by atoms with E-state index in [9.17, 15) is 4.79 Å². The Hall–Kier alpha value is -2.53. The van der Waals surface area contributed by atoms with Gasteiger partial charge in [-0.1, -0.05) is 25.1 Å². The van der Waals surface area contributed by atoms with Crippen LogP contribution in [0.15, 0.2) is 48.5 Å². The number of ether oxygens (including phenoxy) is 2. The lowest BCUT2D eigenvalue weighted by atomic mass is 9.99. The quantitative estimate of drug-likeness (QED) is 0.707. The highest BCUT2D eigenvalue weighted by Gasteiger charge is 2.16. The third-order valence-electron chi connectivity index (χ3n) is 5.06. The lowest BCUT2D eigenvalue weighted by Gasteiger charge is -2.30. The van der Waals surface area contributed by atoms with E-state index in [0.717, 1.165) is 30.5 Å². The molecule has 0 aromatic heterocycles. The first kappa shape index (κ1) is 20.2. The van der Waals surface area contributed by atoms with Crippen LogP contribution in [-0.4, -0.2) is 44.2 Å². The van der Waals surface area contributed by atoms with Crippen molar-refractivity contribution in [3.05, 3.63) is 59.7 Å². The summed E-state index contributed by atoms with van der Waals surface area (Å²) in [6, 6.07) is 15.3. The van der Waals surface area contributed by atoms with Gasteiger partial charge in [0.2, 0.25) is 0 Å². The van der Waals surface area contributed by atoms with Crippen molar-refractivity contribution < 1.29 is 14.3 Å². The third kappa shape index (κ3) is 5.99. The molecule has 2 aromatic rings.